The molecule has 1 N–H and O–H groups in total. The topological polar surface area (TPSA) is 20.2 Å². The quantitative estimate of drug-likeness (QED) is 0.842. The molecule has 0 aliphatic rings. The van der Waals surface area contributed by atoms with Crippen molar-refractivity contribution in [2.75, 3.05) is 0 Å². The predicted octanol–water partition coefficient (Wildman–Crippen LogP) is 4.89. The van der Waals surface area contributed by atoms with Gasteiger partial charge in [0.25, 0.3) is 0 Å². The lowest BCUT2D eigenvalue weighted by molar-refractivity contribution is 0.172. The van der Waals surface area contributed by atoms with Gasteiger partial charge in [0.05, 0.1) is 6.10 Å². The highest BCUT2D eigenvalue weighted by Crippen LogP contribution is 2.36. The van der Waals surface area contributed by atoms with Gasteiger partial charge in [0.1, 0.15) is 4.34 Å². The zero-order chi connectivity index (χ0) is 11.5. The molecule has 0 bridgehead atoms. The summed E-state index contributed by atoms with van der Waals surface area (Å²) >= 11 is 12.4. The Balaban J connectivity index is 1.95. The van der Waals surface area contributed by atoms with Crippen LogP contribution < -0.4 is 0 Å². The molecule has 0 fully saturated rings. The number of hydrogen-bond acceptors (Lipinski definition) is 3. The maximum absolute atomic E-state index is 9.99. The van der Waals surface area contributed by atoms with Gasteiger partial charge in [0.2, 0.25) is 0 Å². The van der Waals surface area contributed by atoms with Crippen molar-refractivity contribution in [3.05, 3.63) is 42.1 Å². The fraction of sp³-hybridized carbons (Fsp3) is 0.273. The summed E-state index contributed by atoms with van der Waals surface area (Å²) < 4.78 is 1.56. The van der Waals surface area contributed by atoms with Crippen LogP contribution in [0.25, 0.3) is 0 Å². The van der Waals surface area contributed by atoms with Crippen LogP contribution in [0.2, 0.25) is 4.34 Å². The minimum atomic E-state index is -0.420. The van der Waals surface area contributed by atoms with Gasteiger partial charge in [-0.1, -0.05) is 17.7 Å². The van der Waals surface area contributed by atoms with Crippen molar-refractivity contribution < 1.29 is 5.11 Å². The zero-order valence-corrected chi connectivity index (χ0v) is 12.3. The van der Waals surface area contributed by atoms with Crippen LogP contribution in [0, 0.1) is 0 Å². The van der Waals surface area contributed by atoms with Crippen molar-refractivity contribution in [1.29, 1.82) is 0 Å². The van der Waals surface area contributed by atoms with E-state index in [0.717, 1.165) is 22.2 Å². The third kappa shape index (κ3) is 3.08. The van der Waals surface area contributed by atoms with Crippen molar-refractivity contribution in [1.82, 2.24) is 0 Å². The van der Waals surface area contributed by atoms with Crippen LogP contribution in [-0.4, -0.2) is 5.11 Å². The van der Waals surface area contributed by atoms with Crippen molar-refractivity contribution in [2.24, 2.45) is 0 Å². The minimum absolute atomic E-state index is 0.420. The van der Waals surface area contributed by atoms with Crippen molar-refractivity contribution >= 4 is 50.2 Å². The van der Waals surface area contributed by atoms with E-state index in [1.807, 2.05) is 12.1 Å². The lowest BCUT2D eigenvalue weighted by Gasteiger charge is -2.06. The van der Waals surface area contributed by atoms with E-state index in [9.17, 15) is 5.11 Å². The molecular formula is C11H10BrClOS2. The SMILES string of the molecule is OC(CCc1cccs1)c1cc(Br)c(Cl)s1. The molecule has 0 aliphatic carbocycles. The van der Waals surface area contributed by atoms with Gasteiger partial charge < -0.3 is 5.11 Å². The molecule has 0 aromatic carbocycles. The van der Waals surface area contributed by atoms with Crippen LogP contribution in [0.15, 0.2) is 28.1 Å². The Labute approximate surface area is 116 Å². The van der Waals surface area contributed by atoms with Crippen LogP contribution in [0.5, 0.6) is 0 Å². The van der Waals surface area contributed by atoms with E-state index in [0.29, 0.717) is 4.34 Å². The van der Waals surface area contributed by atoms with Gasteiger partial charge in [-0.2, -0.15) is 0 Å². The monoisotopic (exact) mass is 336 g/mol. The number of aryl methyl sites for hydroxylation is 1. The average Bonchev–Trinajstić information content (AvgIpc) is 2.86. The summed E-state index contributed by atoms with van der Waals surface area (Å²) in [6, 6.07) is 6.02. The minimum Gasteiger partial charge on any atom is -0.388 e. The molecule has 1 nitrogen and oxygen atoms in total. The fourth-order valence-electron chi connectivity index (χ4n) is 1.40. The number of halogens is 2. The molecule has 1 atom stereocenters. The number of aliphatic hydroxyl groups excluding tert-OH is 1. The van der Waals surface area contributed by atoms with Gasteiger partial charge in [-0.25, -0.2) is 0 Å². The molecule has 2 rings (SSSR count). The highest BCUT2D eigenvalue weighted by atomic mass is 79.9. The summed E-state index contributed by atoms with van der Waals surface area (Å²) in [7, 11) is 0. The lowest BCUT2D eigenvalue weighted by Crippen LogP contribution is -1.95. The van der Waals surface area contributed by atoms with Crippen molar-refractivity contribution in [3.63, 3.8) is 0 Å². The first kappa shape index (κ1) is 12.6. The summed E-state index contributed by atoms with van der Waals surface area (Å²) in [6.45, 7) is 0. The Bertz CT molecular complexity index is 433. The second-order valence-electron chi connectivity index (χ2n) is 3.40. The molecule has 2 aromatic rings. The van der Waals surface area contributed by atoms with Gasteiger partial charge in [0.15, 0.2) is 0 Å². The van der Waals surface area contributed by atoms with E-state index in [4.69, 9.17) is 11.6 Å². The Kier molecular flexibility index (Phi) is 4.44. The molecule has 86 valence electrons. The van der Waals surface area contributed by atoms with Gasteiger partial charge in [-0.05, 0) is 46.3 Å². The van der Waals surface area contributed by atoms with Crippen LogP contribution in [0.1, 0.15) is 22.3 Å². The summed E-state index contributed by atoms with van der Waals surface area (Å²) in [5, 5.41) is 12.0. The summed E-state index contributed by atoms with van der Waals surface area (Å²) in [6.07, 6.45) is 1.23. The van der Waals surface area contributed by atoms with Gasteiger partial charge in [0, 0.05) is 14.2 Å². The van der Waals surface area contributed by atoms with Crippen molar-refractivity contribution in [3.8, 4) is 0 Å². The van der Waals surface area contributed by atoms with Crippen LogP contribution >= 0.6 is 50.2 Å². The molecule has 1 unspecified atom stereocenters. The maximum Gasteiger partial charge on any atom is 0.107 e. The van der Waals surface area contributed by atoms with E-state index in [-0.39, 0.29) is 0 Å². The Morgan fingerprint density at radius 1 is 1.50 bits per heavy atom. The molecule has 0 amide bonds. The fourth-order valence-corrected chi connectivity index (χ4v) is 3.89. The molecule has 0 aliphatic heterocycles. The highest BCUT2D eigenvalue weighted by Gasteiger charge is 2.13. The maximum atomic E-state index is 9.99. The van der Waals surface area contributed by atoms with E-state index in [2.05, 4.69) is 27.4 Å². The smallest absolute Gasteiger partial charge is 0.107 e. The first-order valence-electron chi connectivity index (χ1n) is 4.82. The summed E-state index contributed by atoms with van der Waals surface area (Å²) in [5.41, 5.74) is 0. The largest absolute Gasteiger partial charge is 0.388 e. The average molecular weight is 338 g/mol. The molecule has 0 saturated carbocycles. The molecular weight excluding hydrogens is 328 g/mol. The van der Waals surface area contributed by atoms with Gasteiger partial charge in [-0.15, -0.1) is 22.7 Å². The first-order chi connectivity index (χ1) is 7.66. The third-order valence-electron chi connectivity index (χ3n) is 2.24. The van der Waals surface area contributed by atoms with E-state index in [1.165, 1.54) is 16.2 Å². The highest BCUT2D eigenvalue weighted by molar-refractivity contribution is 9.10. The molecule has 0 spiro atoms. The molecule has 0 radical (unpaired) electrons. The van der Waals surface area contributed by atoms with Crippen LogP contribution in [-0.2, 0) is 6.42 Å². The number of thiophene rings is 2. The van der Waals surface area contributed by atoms with Crippen molar-refractivity contribution in [2.45, 2.75) is 18.9 Å². The van der Waals surface area contributed by atoms with E-state index >= 15 is 0 Å². The Morgan fingerprint density at radius 2 is 2.31 bits per heavy atom. The normalized spacial score (nSPS) is 12.9. The second kappa shape index (κ2) is 5.65. The van der Waals surface area contributed by atoms with Crippen LogP contribution in [0.4, 0.5) is 0 Å². The number of aliphatic hydroxyl groups is 1. The summed E-state index contributed by atoms with van der Waals surface area (Å²) in [5.74, 6) is 0. The first-order valence-corrected chi connectivity index (χ1v) is 7.68. The predicted molar refractivity (Wildman–Crippen MR) is 74.6 cm³/mol. The molecule has 0 saturated heterocycles. The molecule has 2 aromatic heterocycles. The molecule has 2 heterocycles. The van der Waals surface area contributed by atoms with E-state index < -0.39 is 6.10 Å². The summed E-state index contributed by atoms with van der Waals surface area (Å²) in [4.78, 5) is 2.23. The number of rotatable bonds is 4. The van der Waals surface area contributed by atoms with Gasteiger partial charge in [-0.3, -0.25) is 0 Å². The molecule has 16 heavy (non-hydrogen) atoms. The zero-order valence-electron chi connectivity index (χ0n) is 8.32. The number of hydrogen-bond donors (Lipinski definition) is 1. The lowest BCUT2D eigenvalue weighted by atomic mass is 10.1. The van der Waals surface area contributed by atoms with Crippen LogP contribution in [0.3, 0.4) is 0 Å². The van der Waals surface area contributed by atoms with E-state index in [1.54, 1.807) is 11.3 Å². The van der Waals surface area contributed by atoms with Gasteiger partial charge >= 0.3 is 0 Å². The standard InChI is InChI=1S/C11H10BrClOS2/c12-8-6-10(16-11(8)13)9(14)4-3-7-2-1-5-15-7/h1-2,5-6,9,14H,3-4H2. The Hall–Kier alpha value is 0.130. The molecule has 5 heteroatoms. The Morgan fingerprint density at radius 3 is 2.88 bits per heavy atom. The third-order valence-corrected chi connectivity index (χ3v) is 5.75. The second-order valence-corrected chi connectivity index (χ2v) is 6.98.